The molecule has 0 aliphatic carbocycles. The Balaban J connectivity index is 2.07. The van der Waals surface area contributed by atoms with Crippen molar-refractivity contribution in [3.05, 3.63) is 35.1 Å². The maximum absolute atomic E-state index is 13.4. The molecule has 0 fully saturated rings. The smallest absolute Gasteiger partial charge is 0.132 e. The summed E-state index contributed by atoms with van der Waals surface area (Å²) in [5.41, 5.74) is 0.0240. The van der Waals surface area contributed by atoms with Gasteiger partial charge in [0.1, 0.15) is 17.5 Å². The maximum atomic E-state index is 13.4. The van der Waals surface area contributed by atoms with Gasteiger partial charge in [-0.25, -0.2) is 13.2 Å². The van der Waals surface area contributed by atoms with Crippen molar-refractivity contribution in [1.29, 1.82) is 0 Å². The van der Waals surface area contributed by atoms with Crippen molar-refractivity contribution in [2.24, 2.45) is 0 Å². The zero-order valence-electron chi connectivity index (χ0n) is 13.1. The lowest BCUT2D eigenvalue weighted by molar-refractivity contribution is 0.512. The zero-order chi connectivity index (χ0) is 15.5. The molecule has 0 saturated carbocycles. The predicted octanol–water partition coefficient (Wildman–Crippen LogP) is 6.57. The Morgan fingerprint density at radius 3 is 1.57 bits per heavy atom. The van der Waals surface area contributed by atoms with Crippen molar-refractivity contribution in [3.63, 3.8) is 0 Å². The van der Waals surface area contributed by atoms with Gasteiger partial charge < -0.3 is 0 Å². The second-order valence-corrected chi connectivity index (χ2v) is 5.78. The molecule has 21 heavy (non-hydrogen) atoms. The molecule has 1 aromatic rings. The summed E-state index contributed by atoms with van der Waals surface area (Å²) in [4.78, 5) is 0. The second-order valence-electron chi connectivity index (χ2n) is 5.78. The molecule has 0 N–H and O–H groups in total. The van der Waals surface area contributed by atoms with Gasteiger partial charge in [-0.15, -0.1) is 0 Å². The summed E-state index contributed by atoms with van der Waals surface area (Å²) in [6, 6.07) is 1.52. The molecule has 0 aliphatic heterocycles. The van der Waals surface area contributed by atoms with Crippen LogP contribution >= 0.6 is 0 Å². The topological polar surface area (TPSA) is 0 Å². The van der Waals surface area contributed by atoms with Crippen LogP contribution in [0.5, 0.6) is 0 Å². The second kappa shape index (κ2) is 10.7. The first-order valence-electron chi connectivity index (χ1n) is 8.28. The molecule has 0 atom stereocenters. The van der Waals surface area contributed by atoms with Gasteiger partial charge in [-0.3, -0.25) is 0 Å². The third kappa shape index (κ3) is 7.54. The first kappa shape index (κ1) is 18.1. The highest BCUT2D eigenvalue weighted by molar-refractivity contribution is 5.20. The van der Waals surface area contributed by atoms with E-state index in [0.717, 1.165) is 31.4 Å². The maximum Gasteiger partial charge on any atom is 0.132 e. The van der Waals surface area contributed by atoms with Gasteiger partial charge in [0.15, 0.2) is 0 Å². The Hall–Kier alpha value is -0.990. The van der Waals surface area contributed by atoms with E-state index >= 15 is 0 Å². The first-order chi connectivity index (χ1) is 10.1. The van der Waals surface area contributed by atoms with E-state index in [2.05, 4.69) is 6.92 Å². The first-order valence-corrected chi connectivity index (χ1v) is 8.28. The van der Waals surface area contributed by atoms with Gasteiger partial charge in [-0.2, -0.15) is 0 Å². The fourth-order valence-electron chi connectivity index (χ4n) is 2.60. The molecule has 0 aliphatic rings. The van der Waals surface area contributed by atoms with E-state index in [0.29, 0.717) is 6.42 Å². The molecule has 1 rings (SSSR count). The van der Waals surface area contributed by atoms with E-state index < -0.39 is 17.5 Å². The minimum Gasteiger partial charge on any atom is -0.207 e. The SMILES string of the molecule is CCCCCCCCCCCCc1c(F)cc(F)cc1F. The van der Waals surface area contributed by atoms with Crippen LogP contribution in [0.3, 0.4) is 0 Å². The third-order valence-corrected chi connectivity index (χ3v) is 3.89. The molecule has 0 amide bonds. The van der Waals surface area contributed by atoms with Gasteiger partial charge in [-0.05, 0) is 12.8 Å². The van der Waals surface area contributed by atoms with Gasteiger partial charge in [0.2, 0.25) is 0 Å². The Labute approximate surface area is 126 Å². The summed E-state index contributed by atoms with van der Waals surface area (Å²) in [6.45, 7) is 2.22. The molecular formula is C18H27F3. The average Bonchev–Trinajstić information content (AvgIpc) is 2.43. The molecule has 120 valence electrons. The van der Waals surface area contributed by atoms with E-state index in [1.54, 1.807) is 0 Å². The van der Waals surface area contributed by atoms with Crippen molar-refractivity contribution in [2.75, 3.05) is 0 Å². The van der Waals surface area contributed by atoms with Crippen LogP contribution in [0.25, 0.3) is 0 Å². The summed E-state index contributed by atoms with van der Waals surface area (Å²) in [5, 5.41) is 0. The summed E-state index contributed by atoms with van der Waals surface area (Å²) < 4.78 is 39.6. The van der Waals surface area contributed by atoms with E-state index in [1.165, 1.54) is 44.9 Å². The Morgan fingerprint density at radius 1 is 0.667 bits per heavy atom. The Bertz CT molecular complexity index is 378. The highest BCUT2D eigenvalue weighted by atomic mass is 19.1. The van der Waals surface area contributed by atoms with Gasteiger partial charge in [0.05, 0.1) is 0 Å². The van der Waals surface area contributed by atoms with Crippen LogP contribution in [0.15, 0.2) is 12.1 Å². The molecule has 0 radical (unpaired) electrons. The van der Waals surface area contributed by atoms with E-state index in [1.807, 2.05) is 0 Å². The van der Waals surface area contributed by atoms with E-state index in [4.69, 9.17) is 0 Å². The van der Waals surface area contributed by atoms with Crippen molar-refractivity contribution in [3.8, 4) is 0 Å². The molecule has 0 nitrogen and oxygen atoms in total. The highest BCUT2D eigenvalue weighted by Crippen LogP contribution is 2.18. The quantitative estimate of drug-likeness (QED) is 0.405. The molecule has 1 aromatic carbocycles. The summed E-state index contributed by atoms with van der Waals surface area (Å²) in [7, 11) is 0. The molecule has 3 heteroatoms. The predicted molar refractivity (Wildman–Crippen MR) is 81.9 cm³/mol. The van der Waals surface area contributed by atoms with Crippen LogP contribution in [0, 0.1) is 17.5 Å². The van der Waals surface area contributed by atoms with Crippen LogP contribution in [0.4, 0.5) is 13.2 Å². The fraction of sp³-hybridized carbons (Fsp3) is 0.667. The van der Waals surface area contributed by atoms with Crippen LogP contribution in [-0.2, 0) is 6.42 Å². The summed E-state index contributed by atoms with van der Waals surface area (Å²) in [6.07, 6.45) is 12.2. The lowest BCUT2D eigenvalue weighted by Crippen LogP contribution is -1.97. The normalized spacial score (nSPS) is 11.0. The molecule has 0 heterocycles. The fourth-order valence-corrected chi connectivity index (χ4v) is 2.60. The van der Waals surface area contributed by atoms with Crippen molar-refractivity contribution in [2.45, 2.75) is 77.6 Å². The Morgan fingerprint density at radius 2 is 1.10 bits per heavy atom. The molecular weight excluding hydrogens is 273 g/mol. The van der Waals surface area contributed by atoms with E-state index in [-0.39, 0.29) is 5.56 Å². The highest BCUT2D eigenvalue weighted by Gasteiger charge is 2.10. The standard InChI is InChI=1S/C18H27F3/c1-2-3-4-5-6-7-8-9-10-11-12-16-17(20)13-15(19)14-18(16)21/h13-14H,2-12H2,1H3. The van der Waals surface area contributed by atoms with Crippen LogP contribution < -0.4 is 0 Å². The van der Waals surface area contributed by atoms with Crippen molar-refractivity contribution >= 4 is 0 Å². The van der Waals surface area contributed by atoms with Crippen LogP contribution in [0.1, 0.15) is 76.7 Å². The van der Waals surface area contributed by atoms with Gasteiger partial charge >= 0.3 is 0 Å². The molecule has 0 bridgehead atoms. The number of hydrogen-bond donors (Lipinski definition) is 0. The lowest BCUT2D eigenvalue weighted by atomic mass is 10.0. The number of unbranched alkanes of at least 4 members (excludes halogenated alkanes) is 9. The minimum absolute atomic E-state index is 0.0240. The molecule has 0 unspecified atom stereocenters. The van der Waals surface area contributed by atoms with Crippen LogP contribution in [0.2, 0.25) is 0 Å². The van der Waals surface area contributed by atoms with Crippen LogP contribution in [-0.4, -0.2) is 0 Å². The van der Waals surface area contributed by atoms with Crippen molar-refractivity contribution in [1.82, 2.24) is 0 Å². The zero-order valence-corrected chi connectivity index (χ0v) is 13.1. The third-order valence-electron chi connectivity index (χ3n) is 3.89. The Kier molecular flexibility index (Phi) is 9.20. The molecule has 0 saturated heterocycles. The van der Waals surface area contributed by atoms with E-state index in [9.17, 15) is 13.2 Å². The molecule has 0 spiro atoms. The number of rotatable bonds is 11. The minimum atomic E-state index is -0.850. The molecule has 0 aromatic heterocycles. The van der Waals surface area contributed by atoms with Crippen molar-refractivity contribution < 1.29 is 13.2 Å². The summed E-state index contributed by atoms with van der Waals surface area (Å²) >= 11 is 0. The number of benzene rings is 1. The monoisotopic (exact) mass is 300 g/mol. The van der Waals surface area contributed by atoms with Gasteiger partial charge in [0, 0.05) is 17.7 Å². The number of halogens is 3. The summed E-state index contributed by atoms with van der Waals surface area (Å²) in [5.74, 6) is -2.37. The van der Waals surface area contributed by atoms with Gasteiger partial charge in [0.25, 0.3) is 0 Å². The lowest BCUT2D eigenvalue weighted by Gasteiger charge is -2.05. The number of hydrogen-bond acceptors (Lipinski definition) is 0. The largest absolute Gasteiger partial charge is 0.207 e. The average molecular weight is 300 g/mol. The van der Waals surface area contributed by atoms with Gasteiger partial charge in [-0.1, -0.05) is 64.7 Å².